The van der Waals surface area contributed by atoms with E-state index >= 15 is 0 Å². The summed E-state index contributed by atoms with van der Waals surface area (Å²) in [5, 5.41) is 12.4. The van der Waals surface area contributed by atoms with Crippen LogP contribution in [0.3, 0.4) is 0 Å². The van der Waals surface area contributed by atoms with Gasteiger partial charge in [0.2, 0.25) is 0 Å². The van der Waals surface area contributed by atoms with E-state index in [-0.39, 0.29) is 12.1 Å². The maximum Gasteiger partial charge on any atom is 0.0431 e. The van der Waals surface area contributed by atoms with Gasteiger partial charge in [-0.15, -0.1) is 0 Å². The van der Waals surface area contributed by atoms with Crippen molar-refractivity contribution in [2.24, 2.45) is 17.6 Å². The Balaban J connectivity index is 4.33. The monoisotopic (exact) mass is 244 g/mol. The van der Waals surface area contributed by atoms with Crippen LogP contribution in [0.5, 0.6) is 0 Å². The molecule has 0 aliphatic heterocycles. The SMILES string of the molecule is CC(C)CC(CN)(CC(C)C)NCCCCO. The Morgan fingerprint density at radius 2 is 1.59 bits per heavy atom. The van der Waals surface area contributed by atoms with Gasteiger partial charge in [-0.05, 0) is 44.1 Å². The quantitative estimate of drug-likeness (QED) is 0.516. The van der Waals surface area contributed by atoms with Gasteiger partial charge < -0.3 is 16.2 Å². The molecule has 0 aliphatic rings. The van der Waals surface area contributed by atoms with E-state index in [9.17, 15) is 0 Å². The third-order valence-corrected chi connectivity index (χ3v) is 3.07. The molecule has 0 aromatic heterocycles. The minimum atomic E-state index is 0.0811. The van der Waals surface area contributed by atoms with Gasteiger partial charge in [0, 0.05) is 18.7 Å². The van der Waals surface area contributed by atoms with E-state index in [0.29, 0.717) is 18.4 Å². The van der Waals surface area contributed by atoms with Crippen LogP contribution in [0, 0.1) is 11.8 Å². The first-order valence-corrected chi connectivity index (χ1v) is 7.01. The lowest BCUT2D eigenvalue weighted by atomic mass is 9.81. The number of unbranched alkanes of at least 4 members (excludes halogenated alkanes) is 1. The highest BCUT2D eigenvalue weighted by molar-refractivity contribution is 4.90. The molecule has 0 aliphatic carbocycles. The molecule has 0 atom stereocenters. The minimum absolute atomic E-state index is 0.0811. The van der Waals surface area contributed by atoms with Crippen molar-refractivity contribution in [1.82, 2.24) is 5.32 Å². The zero-order chi connectivity index (χ0) is 13.3. The predicted molar refractivity (Wildman–Crippen MR) is 75.0 cm³/mol. The third kappa shape index (κ3) is 7.74. The van der Waals surface area contributed by atoms with Gasteiger partial charge in [-0.25, -0.2) is 0 Å². The molecule has 0 spiro atoms. The Hall–Kier alpha value is -0.120. The van der Waals surface area contributed by atoms with Crippen molar-refractivity contribution in [3.8, 4) is 0 Å². The highest BCUT2D eigenvalue weighted by Crippen LogP contribution is 2.24. The number of nitrogens with two attached hydrogens (primary N) is 1. The van der Waals surface area contributed by atoms with Crippen molar-refractivity contribution < 1.29 is 5.11 Å². The van der Waals surface area contributed by atoms with Crippen molar-refractivity contribution >= 4 is 0 Å². The molecule has 0 bridgehead atoms. The fourth-order valence-corrected chi connectivity index (χ4v) is 2.62. The van der Waals surface area contributed by atoms with Gasteiger partial charge >= 0.3 is 0 Å². The molecule has 0 aromatic rings. The van der Waals surface area contributed by atoms with Crippen molar-refractivity contribution in [3.05, 3.63) is 0 Å². The summed E-state index contributed by atoms with van der Waals surface area (Å²) in [7, 11) is 0. The number of hydrogen-bond donors (Lipinski definition) is 3. The average Bonchev–Trinajstić information content (AvgIpc) is 2.22. The minimum Gasteiger partial charge on any atom is -0.396 e. The first-order valence-electron chi connectivity index (χ1n) is 7.01. The largest absolute Gasteiger partial charge is 0.396 e. The van der Waals surface area contributed by atoms with Crippen LogP contribution in [-0.2, 0) is 0 Å². The van der Waals surface area contributed by atoms with Crippen LogP contribution in [0.2, 0.25) is 0 Å². The molecule has 17 heavy (non-hydrogen) atoms. The van der Waals surface area contributed by atoms with E-state index in [1.807, 2.05) is 0 Å². The number of nitrogens with one attached hydrogen (secondary N) is 1. The van der Waals surface area contributed by atoms with Crippen LogP contribution in [0.1, 0.15) is 53.4 Å². The summed E-state index contributed by atoms with van der Waals surface area (Å²) in [4.78, 5) is 0. The molecular weight excluding hydrogens is 212 g/mol. The molecule has 0 fully saturated rings. The molecule has 3 heteroatoms. The second-order valence-electron chi connectivity index (χ2n) is 6.04. The Bertz CT molecular complexity index is 171. The van der Waals surface area contributed by atoms with Crippen LogP contribution >= 0.6 is 0 Å². The number of aliphatic hydroxyl groups is 1. The number of hydrogen-bond acceptors (Lipinski definition) is 3. The van der Waals surface area contributed by atoms with E-state index in [0.717, 1.165) is 32.2 Å². The van der Waals surface area contributed by atoms with Gasteiger partial charge in [-0.2, -0.15) is 0 Å². The zero-order valence-electron chi connectivity index (χ0n) is 12.1. The first kappa shape index (κ1) is 16.9. The van der Waals surface area contributed by atoms with E-state index in [1.54, 1.807) is 0 Å². The van der Waals surface area contributed by atoms with Crippen molar-refractivity contribution in [2.75, 3.05) is 19.7 Å². The molecule has 0 amide bonds. The molecule has 0 unspecified atom stereocenters. The first-order chi connectivity index (χ1) is 7.95. The molecule has 4 N–H and O–H groups in total. The molecule has 0 saturated carbocycles. The Kier molecular flexibility index (Phi) is 8.83. The van der Waals surface area contributed by atoms with Crippen LogP contribution in [0.25, 0.3) is 0 Å². The number of aliphatic hydroxyl groups excluding tert-OH is 1. The third-order valence-electron chi connectivity index (χ3n) is 3.07. The maximum atomic E-state index is 8.79. The molecule has 3 nitrogen and oxygen atoms in total. The van der Waals surface area contributed by atoms with E-state index in [1.165, 1.54) is 0 Å². The van der Waals surface area contributed by atoms with Crippen molar-refractivity contribution in [1.29, 1.82) is 0 Å². The lowest BCUT2D eigenvalue weighted by Gasteiger charge is -2.37. The summed E-state index contributed by atoms with van der Waals surface area (Å²) in [6, 6.07) is 0. The standard InChI is InChI=1S/C14H32N2O/c1-12(2)9-14(11-15,10-13(3)4)16-7-5-6-8-17/h12-13,16-17H,5-11,15H2,1-4H3. The van der Waals surface area contributed by atoms with E-state index < -0.39 is 0 Å². The van der Waals surface area contributed by atoms with Gasteiger partial charge in [0.05, 0.1) is 0 Å². The summed E-state index contributed by atoms with van der Waals surface area (Å²) in [6.45, 7) is 10.9. The Morgan fingerprint density at radius 3 is 1.94 bits per heavy atom. The van der Waals surface area contributed by atoms with Crippen molar-refractivity contribution in [3.63, 3.8) is 0 Å². The summed E-state index contributed by atoms with van der Waals surface area (Å²) in [6.07, 6.45) is 4.15. The topological polar surface area (TPSA) is 58.3 Å². The van der Waals surface area contributed by atoms with Crippen LogP contribution in [-0.4, -0.2) is 30.3 Å². The fourth-order valence-electron chi connectivity index (χ4n) is 2.62. The summed E-state index contributed by atoms with van der Waals surface area (Å²) >= 11 is 0. The van der Waals surface area contributed by atoms with Crippen LogP contribution in [0.15, 0.2) is 0 Å². The lowest BCUT2D eigenvalue weighted by Crippen LogP contribution is -2.53. The highest BCUT2D eigenvalue weighted by atomic mass is 16.2. The summed E-state index contributed by atoms with van der Waals surface area (Å²) in [5.41, 5.74) is 6.09. The van der Waals surface area contributed by atoms with Gasteiger partial charge in [0.15, 0.2) is 0 Å². The van der Waals surface area contributed by atoms with E-state index in [4.69, 9.17) is 10.8 Å². The molecule has 0 radical (unpaired) electrons. The average molecular weight is 244 g/mol. The summed E-state index contributed by atoms with van der Waals surface area (Å²) in [5.74, 6) is 1.31. The normalized spacial score (nSPS) is 12.7. The maximum absolute atomic E-state index is 8.79. The molecule has 0 saturated heterocycles. The molecule has 104 valence electrons. The molecule has 0 heterocycles. The Morgan fingerprint density at radius 1 is 1.06 bits per heavy atom. The van der Waals surface area contributed by atoms with Crippen molar-refractivity contribution in [2.45, 2.75) is 58.9 Å². The predicted octanol–water partition coefficient (Wildman–Crippen LogP) is 2.14. The summed E-state index contributed by atoms with van der Waals surface area (Å²) < 4.78 is 0. The van der Waals surface area contributed by atoms with Crippen LogP contribution in [0.4, 0.5) is 0 Å². The van der Waals surface area contributed by atoms with Gasteiger partial charge in [0.1, 0.15) is 0 Å². The Labute approximate surface area is 107 Å². The fraction of sp³-hybridized carbons (Fsp3) is 1.00. The zero-order valence-corrected chi connectivity index (χ0v) is 12.1. The van der Waals surface area contributed by atoms with Gasteiger partial charge in [-0.1, -0.05) is 27.7 Å². The van der Waals surface area contributed by atoms with Crippen LogP contribution < -0.4 is 11.1 Å². The molecule has 0 rings (SSSR count). The van der Waals surface area contributed by atoms with E-state index in [2.05, 4.69) is 33.0 Å². The number of rotatable bonds is 10. The lowest BCUT2D eigenvalue weighted by molar-refractivity contribution is 0.223. The second-order valence-corrected chi connectivity index (χ2v) is 6.04. The van der Waals surface area contributed by atoms with Gasteiger partial charge in [-0.3, -0.25) is 0 Å². The second kappa shape index (κ2) is 8.90. The van der Waals surface area contributed by atoms with Gasteiger partial charge in [0.25, 0.3) is 0 Å². The smallest absolute Gasteiger partial charge is 0.0431 e. The highest BCUT2D eigenvalue weighted by Gasteiger charge is 2.29. The molecule has 0 aromatic carbocycles. The molecular formula is C14H32N2O.